The van der Waals surface area contributed by atoms with Crippen molar-refractivity contribution in [3.8, 4) is 0 Å². The molecule has 1 aromatic rings. The lowest BCUT2D eigenvalue weighted by Crippen LogP contribution is -2.14. The van der Waals surface area contributed by atoms with Crippen LogP contribution in [0.3, 0.4) is 0 Å². The van der Waals surface area contributed by atoms with Crippen LogP contribution in [0.2, 0.25) is 0 Å². The molecule has 0 fully saturated rings. The van der Waals surface area contributed by atoms with Gasteiger partial charge in [0.15, 0.2) is 0 Å². The predicted octanol–water partition coefficient (Wildman–Crippen LogP) is 1.34. The minimum absolute atomic E-state index is 0.205. The second-order valence-corrected chi connectivity index (χ2v) is 3.48. The van der Waals surface area contributed by atoms with E-state index >= 15 is 0 Å². The van der Waals surface area contributed by atoms with Gasteiger partial charge in [0.2, 0.25) is 0 Å². The molecule has 1 rings (SSSR count). The first-order valence-corrected chi connectivity index (χ1v) is 4.88. The van der Waals surface area contributed by atoms with E-state index in [1.54, 1.807) is 6.20 Å². The summed E-state index contributed by atoms with van der Waals surface area (Å²) in [5.74, 6) is -0.238. The lowest BCUT2D eigenvalue weighted by molar-refractivity contribution is -0.140. The van der Waals surface area contributed by atoms with Gasteiger partial charge in [0.25, 0.3) is 0 Å². The van der Waals surface area contributed by atoms with E-state index in [2.05, 4.69) is 9.72 Å². The summed E-state index contributed by atoms with van der Waals surface area (Å²) in [5, 5.41) is 0. The summed E-state index contributed by atoms with van der Waals surface area (Å²) in [6, 6.07) is 3.64. The summed E-state index contributed by atoms with van der Waals surface area (Å²) in [4.78, 5) is 15.1. The number of ether oxygens (including phenoxy) is 1. The molecule has 0 spiro atoms. The summed E-state index contributed by atoms with van der Waals surface area (Å²) < 4.78 is 4.55. The summed E-state index contributed by atoms with van der Waals surface area (Å²) in [6.45, 7) is 1.98. The number of aromatic nitrogens is 1. The van der Waals surface area contributed by atoms with E-state index in [1.807, 2.05) is 19.1 Å². The molecule has 15 heavy (non-hydrogen) atoms. The SMILES string of the molecule is COC(=O)CCC(N)c1cc(C)ccn1. The molecule has 0 aromatic carbocycles. The highest BCUT2D eigenvalue weighted by atomic mass is 16.5. The molecule has 0 saturated carbocycles. The van der Waals surface area contributed by atoms with Gasteiger partial charge in [-0.15, -0.1) is 0 Å². The molecule has 1 heterocycles. The highest BCUT2D eigenvalue weighted by Crippen LogP contribution is 2.14. The number of esters is 1. The fourth-order valence-corrected chi connectivity index (χ4v) is 1.29. The molecule has 0 saturated heterocycles. The maximum absolute atomic E-state index is 10.9. The van der Waals surface area contributed by atoms with Crippen molar-refractivity contribution in [1.82, 2.24) is 4.98 Å². The molecular weight excluding hydrogens is 192 g/mol. The van der Waals surface area contributed by atoms with Gasteiger partial charge in [-0.25, -0.2) is 0 Å². The fraction of sp³-hybridized carbons (Fsp3) is 0.455. The Hall–Kier alpha value is -1.42. The van der Waals surface area contributed by atoms with Gasteiger partial charge < -0.3 is 10.5 Å². The minimum Gasteiger partial charge on any atom is -0.469 e. The number of pyridine rings is 1. The summed E-state index contributed by atoms with van der Waals surface area (Å²) in [6.07, 6.45) is 2.61. The van der Waals surface area contributed by atoms with E-state index in [0.29, 0.717) is 12.8 Å². The van der Waals surface area contributed by atoms with Crippen molar-refractivity contribution in [2.45, 2.75) is 25.8 Å². The van der Waals surface area contributed by atoms with Gasteiger partial charge in [0.1, 0.15) is 0 Å². The third-order valence-electron chi connectivity index (χ3n) is 2.20. The van der Waals surface area contributed by atoms with Crippen LogP contribution in [0.15, 0.2) is 18.3 Å². The van der Waals surface area contributed by atoms with Crippen molar-refractivity contribution in [2.75, 3.05) is 7.11 Å². The number of nitrogens with two attached hydrogens (primary N) is 1. The van der Waals surface area contributed by atoms with Gasteiger partial charge in [-0.3, -0.25) is 9.78 Å². The van der Waals surface area contributed by atoms with E-state index in [9.17, 15) is 4.79 Å². The van der Waals surface area contributed by atoms with Crippen LogP contribution in [0.4, 0.5) is 0 Å². The molecule has 1 atom stereocenters. The Labute approximate surface area is 89.5 Å². The number of rotatable bonds is 4. The summed E-state index contributed by atoms with van der Waals surface area (Å²) in [7, 11) is 1.37. The molecule has 4 nitrogen and oxygen atoms in total. The zero-order valence-corrected chi connectivity index (χ0v) is 9.06. The van der Waals surface area contributed by atoms with Crippen molar-refractivity contribution in [3.63, 3.8) is 0 Å². The monoisotopic (exact) mass is 208 g/mol. The summed E-state index contributed by atoms with van der Waals surface area (Å²) in [5.41, 5.74) is 7.83. The number of hydrogen-bond acceptors (Lipinski definition) is 4. The highest BCUT2D eigenvalue weighted by molar-refractivity contribution is 5.69. The van der Waals surface area contributed by atoms with Gasteiger partial charge in [0.05, 0.1) is 12.8 Å². The number of methoxy groups -OCH3 is 1. The Balaban J connectivity index is 2.53. The van der Waals surface area contributed by atoms with Crippen molar-refractivity contribution in [3.05, 3.63) is 29.6 Å². The van der Waals surface area contributed by atoms with Crippen LogP contribution >= 0.6 is 0 Å². The second kappa shape index (κ2) is 5.46. The Morgan fingerprint density at radius 1 is 1.67 bits per heavy atom. The first-order chi connectivity index (χ1) is 7.13. The quantitative estimate of drug-likeness (QED) is 0.758. The van der Waals surface area contributed by atoms with Crippen molar-refractivity contribution >= 4 is 5.97 Å². The van der Waals surface area contributed by atoms with E-state index < -0.39 is 0 Å². The van der Waals surface area contributed by atoms with Gasteiger partial charge in [-0.1, -0.05) is 0 Å². The van der Waals surface area contributed by atoms with E-state index in [4.69, 9.17) is 5.73 Å². The Bertz CT molecular complexity index is 339. The lowest BCUT2D eigenvalue weighted by atomic mass is 10.1. The van der Waals surface area contributed by atoms with Crippen LogP contribution in [0, 0.1) is 6.92 Å². The summed E-state index contributed by atoms with van der Waals surface area (Å²) >= 11 is 0. The maximum atomic E-state index is 10.9. The molecular formula is C11H16N2O2. The van der Waals surface area contributed by atoms with Gasteiger partial charge >= 0.3 is 5.97 Å². The van der Waals surface area contributed by atoms with E-state index in [0.717, 1.165) is 11.3 Å². The maximum Gasteiger partial charge on any atom is 0.305 e. The number of aryl methyl sites for hydroxylation is 1. The van der Waals surface area contributed by atoms with Crippen LogP contribution < -0.4 is 5.73 Å². The second-order valence-electron chi connectivity index (χ2n) is 3.48. The van der Waals surface area contributed by atoms with E-state index in [-0.39, 0.29) is 12.0 Å². The molecule has 0 radical (unpaired) electrons. The first kappa shape index (κ1) is 11.7. The number of carbonyl (C=O) groups excluding carboxylic acids is 1. The number of nitrogens with zero attached hydrogens (tertiary/aromatic N) is 1. The van der Waals surface area contributed by atoms with Gasteiger partial charge in [-0.05, 0) is 31.0 Å². The molecule has 0 aliphatic rings. The normalized spacial score (nSPS) is 12.2. The zero-order chi connectivity index (χ0) is 11.3. The van der Waals surface area contributed by atoms with Crippen LogP contribution in [-0.2, 0) is 9.53 Å². The third-order valence-corrected chi connectivity index (χ3v) is 2.20. The Morgan fingerprint density at radius 2 is 2.40 bits per heavy atom. The van der Waals surface area contributed by atoms with Crippen molar-refractivity contribution in [2.24, 2.45) is 5.73 Å². The van der Waals surface area contributed by atoms with Crippen LogP contribution in [0.5, 0.6) is 0 Å². The highest BCUT2D eigenvalue weighted by Gasteiger charge is 2.10. The minimum atomic E-state index is -0.238. The molecule has 0 aliphatic carbocycles. The lowest BCUT2D eigenvalue weighted by Gasteiger charge is -2.10. The molecule has 1 aromatic heterocycles. The fourth-order valence-electron chi connectivity index (χ4n) is 1.29. The van der Waals surface area contributed by atoms with Crippen molar-refractivity contribution in [1.29, 1.82) is 0 Å². The number of hydrogen-bond donors (Lipinski definition) is 1. The Morgan fingerprint density at radius 3 is 3.00 bits per heavy atom. The molecule has 2 N–H and O–H groups in total. The van der Waals surface area contributed by atoms with Crippen LogP contribution in [0.25, 0.3) is 0 Å². The number of carbonyl (C=O) groups is 1. The molecule has 0 aliphatic heterocycles. The largest absolute Gasteiger partial charge is 0.469 e. The standard InChI is InChI=1S/C11H16N2O2/c1-8-5-6-13-10(7-8)9(12)3-4-11(14)15-2/h5-7,9H,3-4,12H2,1-2H3. The predicted molar refractivity (Wildman–Crippen MR) is 57.2 cm³/mol. The van der Waals surface area contributed by atoms with Crippen LogP contribution in [0.1, 0.15) is 30.1 Å². The van der Waals surface area contributed by atoms with Crippen LogP contribution in [-0.4, -0.2) is 18.1 Å². The van der Waals surface area contributed by atoms with Gasteiger partial charge in [-0.2, -0.15) is 0 Å². The van der Waals surface area contributed by atoms with Gasteiger partial charge in [0, 0.05) is 18.7 Å². The molecule has 4 heteroatoms. The molecule has 0 amide bonds. The Kier molecular flexibility index (Phi) is 4.24. The van der Waals surface area contributed by atoms with Crippen molar-refractivity contribution < 1.29 is 9.53 Å². The zero-order valence-electron chi connectivity index (χ0n) is 9.06. The topological polar surface area (TPSA) is 65.2 Å². The molecule has 82 valence electrons. The average Bonchev–Trinajstić information content (AvgIpc) is 2.25. The average molecular weight is 208 g/mol. The smallest absolute Gasteiger partial charge is 0.305 e. The molecule has 1 unspecified atom stereocenters. The first-order valence-electron chi connectivity index (χ1n) is 4.88. The third kappa shape index (κ3) is 3.67. The molecule has 0 bridgehead atoms. The van der Waals surface area contributed by atoms with E-state index in [1.165, 1.54) is 7.11 Å².